The van der Waals surface area contributed by atoms with E-state index in [0.717, 1.165) is 30.2 Å². The lowest BCUT2D eigenvalue weighted by Crippen LogP contribution is -2.53. The second kappa shape index (κ2) is 7.43. The summed E-state index contributed by atoms with van der Waals surface area (Å²) in [6, 6.07) is 8.97. The molecule has 1 atom stereocenters. The van der Waals surface area contributed by atoms with Crippen LogP contribution >= 0.6 is 0 Å². The number of hydrogen-bond donors (Lipinski definition) is 0. The van der Waals surface area contributed by atoms with Crippen molar-refractivity contribution in [2.24, 2.45) is 0 Å². The maximum Gasteiger partial charge on any atom is 0.336 e. The molecule has 1 fully saturated rings. The van der Waals surface area contributed by atoms with E-state index < -0.39 is 17.3 Å². The molecule has 0 saturated heterocycles. The SMILES string of the molecule is Cc1cc(=O)oc2cc(O[C@@H](C)C(=O)N(C)C3(C#N)CCCCC3)ccc12. The molecule has 1 aromatic heterocycles. The lowest BCUT2D eigenvalue weighted by atomic mass is 9.81. The fraction of sp³-hybridized carbons (Fsp3) is 0.476. The Kier molecular flexibility index (Phi) is 5.22. The number of fused-ring (bicyclic) bond motifs is 1. The van der Waals surface area contributed by atoms with Gasteiger partial charge in [-0.3, -0.25) is 4.79 Å². The Balaban J connectivity index is 1.79. The number of rotatable bonds is 4. The highest BCUT2D eigenvalue weighted by Gasteiger charge is 2.40. The zero-order chi connectivity index (χ0) is 19.6. The first-order chi connectivity index (χ1) is 12.9. The number of carbonyl (C=O) groups is 1. The normalized spacial score (nSPS) is 17.1. The van der Waals surface area contributed by atoms with E-state index in [1.807, 2.05) is 13.0 Å². The van der Waals surface area contributed by atoms with Crippen LogP contribution in [0.1, 0.15) is 44.6 Å². The number of aryl methyl sites for hydroxylation is 1. The van der Waals surface area contributed by atoms with Gasteiger partial charge in [-0.05, 0) is 44.4 Å². The van der Waals surface area contributed by atoms with Crippen LogP contribution in [-0.4, -0.2) is 29.5 Å². The van der Waals surface area contributed by atoms with Crippen molar-refractivity contribution < 1.29 is 13.9 Å². The van der Waals surface area contributed by atoms with Gasteiger partial charge in [-0.1, -0.05) is 19.3 Å². The summed E-state index contributed by atoms with van der Waals surface area (Å²) in [6.07, 6.45) is 3.63. The quantitative estimate of drug-likeness (QED) is 0.771. The fourth-order valence-corrected chi connectivity index (χ4v) is 3.78. The van der Waals surface area contributed by atoms with Gasteiger partial charge in [0.15, 0.2) is 6.10 Å². The van der Waals surface area contributed by atoms with Crippen LogP contribution in [0.25, 0.3) is 11.0 Å². The van der Waals surface area contributed by atoms with E-state index in [1.54, 1.807) is 31.0 Å². The lowest BCUT2D eigenvalue weighted by Gasteiger charge is -2.40. The molecule has 27 heavy (non-hydrogen) atoms. The molecule has 1 heterocycles. The van der Waals surface area contributed by atoms with Gasteiger partial charge in [0.2, 0.25) is 0 Å². The molecular formula is C21H24N2O4. The van der Waals surface area contributed by atoms with Crippen molar-refractivity contribution in [3.8, 4) is 11.8 Å². The minimum Gasteiger partial charge on any atom is -0.481 e. The first-order valence-electron chi connectivity index (χ1n) is 9.26. The van der Waals surface area contributed by atoms with E-state index >= 15 is 0 Å². The first-order valence-corrected chi connectivity index (χ1v) is 9.26. The average Bonchev–Trinajstić information content (AvgIpc) is 2.66. The molecule has 6 nitrogen and oxygen atoms in total. The Bertz CT molecular complexity index is 951. The average molecular weight is 368 g/mol. The van der Waals surface area contributed by atoms with Crippen LogP contribution < -0.4 is 10.4 Å². The molecule has 1 aliphatic carbocycles. The van der Waals surface area contributed by atoms with Gasteiger partial charge in [-0.25, -0.2) is 4.79 Å². The third kappa shape index (κ3) is 3.68. The Morgan fingerprint density at radius 1 is 1.30 bits per heavy atom. The minimum absolute atomic E-state index is 0.232. The van der Waals surface area contributed by atoms with Gasteiger partial charge in [0.25, 0.3) is 5.91 Å². The molecule has 0 unspecified atom stereocenters. The number of carbonyl (C=O) groups excluding carboxylic acids is 1. The summed E-state index contributed by atoms with van der Waals surface area (Å²) in [6.45, 7) is 3.51. The van der Waals surface area contributed by atoms with Crippen molar-refractivity contribution in [2.75, 3.05) is 7.05 Å². The molecule has 0 N–H and O–H groups in total. The first kappa shape index (κ1) is 19.0. The van der Waals surface area contributed by atoms with Crippen LogP contribution in [0.15, 0.2) is 33.5 Å². The molecule has 142 valence electrons. The van der Waals surface area contributed by atoms with Crippen molar-refractivity contribution in [3.05, 3.63) is 40.2 Å². The highest BCUT2D eigenvalue weighted by molar-refractivity contribution is 5.83. The van der Waals surface area contributed by atoms with Gasteiger partial charge in [-0.2, -0.15) is 5.26 Å². The van der Waals surface area contributed by atoms with E-state index in [9.17, 15) is 14.9 Å². The molecule has 0 aliphatic heterocycles. The third-order valence-electron chi connectivity index (χ3n) is 5.44. The van der Waals surface area contributed by atoms with Crippen LogP contribution in [0.2, 0.25) is 0 Å². The van der Waals surface area contributed by atoms with Crippen LogP contribution in [0, 0.1) is 18.3 Å². The van der Waals surface area contributed by atoms with E-state index in [-0.39, 0.29) is 5.91 Å². The van der Waals surface area contributed by atoms with Crippen LogP contribution in [-0.2, 0) is 4.79 Å². The predicted molar refractivity (Wildman–Crippen MR) is 102 cm³/mol. The second-order valence-electron chi connectivity index (χ2n) is 7.27. The van der Waals surface area contributed by atoms with Crippen molar-refractivity contribution in [1.82, 2.24) is 4.90 Å². The van der Waals surface area contributed by atoms with Gasteiger partial charge >= 0.3 is 5.63 Å². The van der Waals surface area contributed by atoms with Crippen molar-refractivity contribution in [3.63, 3.8) is 0 Å². The molecule has 0 spiro atoms. The van der Waals surface area contributed by atoms with Crippen LogP contribution in [0.5, 0.6) is 5.75 Å². The molecule has 0 bridgehead atoms. The Morgan fingerprint density at radius 2 is 2.00 bits per heavy atom. The van der Waals surface area contributed by atoms with Gasteiger partial charge < -0.3 is 14.1 Å². The monoisotopic (exact) mass is 368 g/mol. The number of benzene rings is 1. The summed E-state index contributed by atoms with van der Waals surface area (Å²) in [7, 11) is 1.68. The Hall–Kier alpha value is -2.81. The zero-order valence-electron chi connectivity index (χ0n) is 15.9. The molecule has 1 aromatic carbocycles. The number of ether oxygens (including phenoxy) is 1. The lowest BCUT2D eigenvalue weighted by molar-refractivity contribution is -0.141. The summed E-state index contributed by atoms with van der Waals surface area (Å²) >= 11 is 0. The van der Waals surface area contributed by atoms with Gasteiger partial charge in [0, 0.05) is 24.6 Å². The fourth-order valence-electron chi connectivity index (χ4n) is 3.78. The molecule has 1 aliphatic rings. The zero-order valence-corrected chi connectivity index (χ0v) is 15.9. The molecule has 0 radical (unpaired) electrons. The summed E-state index contributed by atoms with van der Waals surface area (Å²) in [5.74, 6) is 0.212. The maximum absolute atomic E-state index is 12.9. The summed E-state index contributed by atoms with van der Waals surface area (Å²) in [5, 5.41) is 10.5. The highest BCUT2D eigenvalue weighted by atomic mass is 16.5. The van der Waals surface area contributed by atoms with E-state index in [2.05, 4.69) is 6.07 Å². The number of likely N-dealkylation sites (N-methyl/N-ethyl adjacent to an activating group) is 1. The summed E-state index contributed by atoms with van der Waals surface area (Å²) < 4.78 is 11.0. The smallest absolute Gasteiger partial charge is 0.336 e. The van der Waals surface area contributed by atoms with E-state index in [4.69, 9.17) is 9.15 Å². The number of nitrogens with zero attached hydrogens (tertiary/aromatic N) is 2. The second-order valence-corrected chi connectivity index (χ2v) is 7.27. The van der Waals surface area contributed by atoms with Gasteiger partial charge in [-0.15, -0.1) is 0 Å². The van der Waals surface area contributed by atoms with Crippen molar-refractivity contribution in [2.45, 2.75) is 57.6 Å². The third-order valence-corrected chi connectivity index (χ3v) is 5.44. The highest BCUT2D eigenvalue weighted by Crippen LogP contribution is 2.33. The Morgan fingerprint density at radius 3 is 2.67 bits per heavy atom. The largest absolute Gasteiger partial charge is 0.481 e. The van der Waals surface area contributed by atoms with Crippen LogP contribution in [0.3, 0.4) is 0 Å². The standard InChI is InChI=1S/C21H24N2O4/c1-14-11-19(24)27-18-12-16(7-8-17(14)18)26-15(2)20(25)23(3)21(13-22)9-5-4-6-10-21/h7-8,11-12,15H,4-6,9-10H2,1-3H3/t15-/m0/s1. The molecule has 3 rings (SSSR count). The van der Waals surface area contributed by atoms with Crippen molar-refractivity contribution in [1.29, 1.82) is 5.26 Å². The topological polar surface area (TPSA) is 83.5 Å². The van der Waals surface area contributed by atoms with Gasteiger partial charge in [0.05, 0.1) is 6.07 Å². The predicted octanol–water partition coefficient (Wildman–Crippen LogP) is 3.55. The van der Waals surface area contributed by atoms with Crippen LogP contribution in [0.4, 0.5) is 0 Å². The van der Waals surface area contributed by atoms with Gasteiger partial charge in [0.1, 0.15) is 16.9 Å². The molecule has 2 aromatic rings. The maximum atomic E-state index is 12.9. The summed E-state index contributed by atoms with van der Waals surface area (Å²) in [5.41, 5.74) is 0.0747. The molecule has 6 heteroatoms. The van der Waals surface area contributed by atoms with E-state index in [1.165, 1.54) is 6.07 Å². The Labute approximate surface area is 158 Å². The number of nitriles is 1. The van der Waals surface area contributed by atoms with Crippen molar-refractivity contribution >= 4 is 16.9 Å². The summed E-state index contributed by atoms with van der Waals surface area (Å²) in [4.78, 5) is 26.0. The molecule has 1 amide bonds. The molecule has 1 saturated carbocycles. The number of amides is 1. The minimum atomic E-state index is -0.754. The van der Waals surface area contributed by atoms with E-state index in [0.29, 0.717) is 24.2 Å². The number of hydrogen-bond acceptors (Lipinski definition) is 5. The molecular weight excluding hydrogens is 344 g/mol.